The number of likely N-dealkylation sites (tertiary alicyclic amines) is 1. The SMILES string of the molecule is O=C1c2cc(-c3nnc(C(F)F)o3)cc(F)c2CN1C[C@H]1CC(F)(F)CN1C(=O)C1CC1. The molecule has 12 heteroatoms. The molecule has 2 fully saturated rings. The average molecular weight is 456 g/mol. The van der Waals surface area contributed by atoms with Gasteiger partial charge in [-0.25, -0.2) is 13.2 Å². The Hall–Kier alpha value is -3.05. The predicted octanol–water partition coefficient (Wildman–Crippen LogP) is 3.42. The maximum atomic E-state index is 14.7. The van der Waals surface area contributed by atoms with Crippen LogP contribution in [0.2, 0.25) is 0 Å². The maximum Gasteiger partial charge on any atom is 0.314 e. The highest BCUT2D eigenvalue weighted by molar-refractivity contribution is 5.99. The van der Waals surface area contributed by atoms with Gasteiger partial charge >= 0.3 is 6.43 Å². The number of fused-ring (bicyclic) bond motifs is 1. The highest BCUT2D eigenvalue weighted by Gasteiger charge is 2.50. The van der Waals surface area contributed by atoms with Crippen molar-refractivity contribution in [3.8, 4) is 11.5 Å². The van der Waals surface area contributed by atoms with E-state index < -0.39 is 49.0 Å². The zero-order valence-corrected chi connectivity index (χ0v) is 16.5. The zero-order valence-electron chi connectivity index (χ0n) is 16.5. The Morgan fingerprint density at radius 3 is 2.66 bits per heavy atom. The summed E-state index contributed by atoms with van der Waals surface area (Å²) < 4.78 is 73.0. The van der Waals surface area contributed by atoms with Crippen LogP contribution in [-0.2, 0) is 11.3 Å². The molecule has 0 radical (unpaired) electrons. The number of amides is 2. The van der Waals surface area contributed by atoms with Gasteiger partial charge in [0.2, 0.25) is 11.8 Å². The Balaban J connectivity index is 1.38. The van der Waals surface area contributed by atoms with Gasteiger partial charge in [-0.2, -0.15) is 8.78 Å². The van der Waals surface area contributed by atoms with E-state index >= 15 is 0 Å². The van der Waals surface area contributed by atoms with Crippen molar-refractivity contribution in [3.05, 3.63) is 35.0 Å². The minimum atomic E-state index is -3.05. The molecule has 2 amide bonds. The number of hydrogen-bond acceptors (Lipinski definition) is 5. The minimum Gasteiger partial charge on any atom is -0.415 e. The van der Waals surface area contributed by atoms with Crippen LogP contribution in [0.1, 0.15) is 47.5 Å². The molecule has 5 rings (SSSR count). The Morgan fingerprint density at radius 1 is 1.25 bits per heavy atom. The molecule has 1 aliphatic carbocycles. The summed E-state index contributed by atoms with van der Waals surface area (Å²) in [7, 11) is 0. The lowest BCUT2D eigenvalue weighted by molar-refractivity contribution is -0.134. The molecule has 3 aliphatic rings. The lowest BCUT2D eigenvalue weighted by Crippen LogP contribution is -2.44. The van der Waals surface area contributed by atoms with E-state index in [9.17, 15) is 31.5 Å². The second-order valence-corrected chi connectivity index (χ2v) is 8.37. The minimum absolute atomic E-state index is 0.0402. The standard InChI is InChI=1S/C20H17F5N4O3/c21-14-4-10(16-26-27-17(32-16)15(22)23)3-12-13(14)7-28(19(12)31)6-11-5-20(24,25)8-29(11)18(30)9-1-2-9/h3-4,9,11,15H,1-2,5-8H2/t11-/m1/s1. The molecule has 0 N–H and O–H groups in total. The summed E-state index contributed by atoms with van der Waals surface area (Å²) in [6, 6.07) is 1.37. The van der Waals surface area contributed by atoms with Gasteiger partial charge in [0.1, 0.15) is 5.82 Å². The van der Waals surface area contributed by atoms with Crippen molar-refractivity contribution in [3.63, 3.8) is 0 Å². The lowest BCUT2D eigenvalue weighted by Gasteiger charge is -2.28. The van der Waals surface area contributed by atoms with Gasteiger partial charge < -0.3 is 14.2 Å². The number of aromatic nitrogens is 2. The van der Waals surface area contributed by atoms with E-state index in [1.54, 1.807) is 0 Å². The fraction of sp³-hybridized carbons (Fsp3) is 0.500. The van der Waals surface area contributed by atoms with Crippen LogP contribution in [0.5, 0.6) is 0 Å². The summed E-state index contributed by atoms with van der Waals surface area (Å²) in [5.74, 6) is -6.33. The highest BCUT2D eigenvalue weighted by Crippen LogP contribution is 2.39. The molecule has 2 aliphatic heterocycles. The number of hydrogen-bond donors (Lipinski definition) is 0. The van der Waals surface area contributed by atoms with Crippen LogP contribution in [0.4, 0.5) is 22.0 Å². The largest absolute Gasteiger partial charge is 0.415 e. The Bertz CT molecular complexity index is 1100. The van der Waals surface area contributed by atoms with Crippen LogP contribution in [-0.4, -0.2) is 56.9 Å². The molecule has 7 nitrogen and oxygen atoms in total. The fourth-order valence-electron chi connectivity index (χ4n) is 4.27. The zero-order chi connectivity index (χ0) is 22.8. The molecule has 3 heterocycles. The molecular formula is C20H17F5N4O3. The fourth-order valence-corrected chi connectivity index (χ4v) is 4.27. The molecule has 1 saturated heterocycles. The van der Waals surface area contributed by atoms with Gasteiger partial charge in [0.05, 0.1) is 12.6 Å². The van der Waals surface area contributed by atoms with Crippen molar-refractivity contribution in [1.29, 1.82) is 0 Å². The van der Waals surface area contributed by atoms with Crippen molar-refractivity contribution < 1.29 is 36.0 Å². The van der Waals surface area contributed by atoms with E-state index in [-0.39, 0.29) is 47.5 Å². The number of halogens is 5. The summed E-state index contributed by atoms with van der Waals surface area (Å²) >= 11 is 0. The number of nitrogens with zero attached hydrogens (tertiary/aromatic N) is 4. The van der Waals surface area contributed by atoms with Crippen molar-refractivity contribution >= 4 is 11.8 Å². The molecule has 1 saturated carbocycles. The summed E-state index contributed by atoms with van der Waals surface area (Å²) in [5, 5.41) is 6.64. The third kappa shape index (κ3) is 3.61. The van der Waals surface area contributed by atoms with Crippen molar-refractivity contribution in [1.82, 2.24) is 20.0 Å². The molecule has 0 bridgehead atoms. The second-order valence-electron chi connectivity index (χ2n) is 8.37. The van der Waals surface area contributed by atoms with E-state index in [0.29, 0.717) is 12.8 Å². The molecule has 32 heavy (non-hydrogen) atoms. The molecule has 2 aromatic rings. The first-order chi connectivity index (χ1) is 15.1. The molecule has 0 spiro atoms. The third-order valence-electron chi connectivity index (χ3n) is 5.95. The average Bonchev–Trinajstić information content (AvgIpc) is 3.25. The highest BCUT2D eigenvalue weighted by atomic mass is 19.3. The Labute approximate surface area is 178 Å². The molecule has 1 aromatic carbocycles. The van der Waals surface area contributed by atoms with E-state index in [1.807, 2.05) is 0 Å². The number of carbonyl (C=O) groups is 2. The van der Waals surface area contributed by atoms with Gasteiger partial charge in [0, 0.05) is 42.1 Å². The van der Waals surface area contributed by atoms with Crippen LogP contribution in [0, 0.1) is 11.7 Å². The number of carbonyl (C=O) groups excluding carboxylic acids is 2. The van der Waals surface area contributed by atoms with E-state index in [4.69, 9.17) is 4.42 Å². The second kappa shape index (κ2) is 7.24. The molecule has 0 unspecified atom stereocenters. The van der Waals surface area contributed by atoms with Crippen LogP contribution in [0.25, 0.3) is 11.5 Å². The maximum absolute atomic E-state index is 14.7. The summed E-state index contributed by atoms with van der Waals surface area (Å²) in [5.41, 5.74) is -0.0346. The van der Waals surface area contributed by atoms with Gasteiger partial charge in [0.25, 0.3) is 17.7 Å². The van der Waals surface area contributed by atoms with Crippen molar-refractivity contribution in [2.75, 3.05) is 13.1 Å². The summed E-state index contributed by atoms with van der Waals surface area (Å²) in [6.07, 6.45) is -2.24. The van der Waals surface area contributed by atoms with Gasteiger partial charge in [-0.05, 0) is 25.0 Å². The van der Waals surface area contributed by atoms with Crippen LogP contribution in [0.3, 0.4) is 0 Å². The number of benzene rings is 1. The van der Waals surface area contributed by atoms with E-state index in [2.05, 4.69) is 10.2 Å². The number of alkyl halides is 4. The first-order valence-electron chi connectivity index (χ1n) is 10.0. The summed E-state index contributed by atoms with van der Waals surface area (Å²) in [4.78, 5) is 27.7. The lowest BCUT2D eigenvalue weighted by atomic mass is 10.1. The first-order valence-corrected chi connectivity index (χ1v) is 10.0. The smallest absolute Gasteiger partial charge is 0.314 e. The molecule has 170 valence electrons. The quantitative estimate of drug-likeness (QED) is 0.645. The molecule has 1 aromatic heterocycles. The third-order valence-corrected chi connectivity index (χ3v) is 5.95. The normalized spacial score (nSPS) is 22.2. The van der Waals surface area contributed by atoms with Crippen LogP contribution < -0.4 is 0 Å². The Morgan fingerprint density at radius 2 is 2.00 bits per heavy atom. The van der Waals surface area contributed by atoms with E-state index in [1.165, 1.54) is 11.0 Å². The van der Waals surface area contributed by atoms with Crippen molar-refractivity contribution in [2.24, 2.45) is 5.92 Å². The molecule has 1 atom stereocenters. The van der Waals surface area contributed by atoms with Crippen molar-refractivity contribution in [2.45, 2.75) is 44.2 Å². The monoisotopic (exact) mass is 456 g/mol. The van der Waals surface area contributed by atoms with Gasteiger partial charge in [-0.3, -0.25) is 9.59 Å². The first kappa shape index (κ1) is 20.8. The van der Waals surface area contributed by atoms with Gasteiger partial charge in [-0.1, -0.05) is 0 Å². The van der Waals surface area contributed by atoms with Crippen LogP contribution in [0.15, 0.2) is 16.5 Å². The molecular weight excluding hydrogens is 439 g/mol. The van der Waals surface area contributed by atoms with E-state index in [0.717, 1.165) is 11.0 Å². The van der Waals surface area contributed by atoms with Gasteiger partial charge in [0.15, 0.2) is 0 Å². The Kier molecular flexibility index (Phi) is 4.71. The summed E-state index contributed by atoms with van der Waals surface area (Å²) in [6.45, 7) is -1.00. The number of rotatable bonds is 5. The predicted molar refractivity (Wildman–Crippen MR) is 97.2 cm³/mol. The van der Waals surface area contributed by atoms with Crippen LogP contribution >= 0.6 is 0 Å². The van der Waals surface area contributed by atoms with Gasteiger partial charge in [-0.15, -0.1) is 10.2 Å². The topological polar surface area (TPSA) is 79.5 Å².